The van der Waals surface area contributed by atoms with E-state index in [2.05, 4.69) is 15.2 Å². The number of hydrogen-bond donors (Lipinski definition) is 1. The van der Waals surface area contributed by atoms with Crippen LogP contribution in [0.15, 0.2) is 42.6 Å². The van der Waals surface area contributed by atoms with Crippen LogP contribution in [0.25, 0.3) is 0 Å². The predicted molar refractivity (Wildman–Crippen MR) is 124 cm³/mol. The van der Waals surface area contributed by atoms with Gasteiger partial charge in [-0.25, -0.2) is 4.98 Å². The number of benzene rings is 1. The summed E-state index contributed by atoms with van der Waals surface area (Å²) in [7, 11) is 0. The molecular formula is C25H30N4O3. The second-order valence-electron chi connectivity index (χ2n) is 8.64. The number of rotatable bonds is 5. The van der Waals surface area contributed by atoms with Gasteiger partial charge in [0.05, 0.1) is 0 Å². The average molecular weight is 435 g/mol. The Labute approximate surface area is 188 Å². The van der Waals surface area contributed by atoms with E-state index in [0.29, 0.717) is 16.8 Å². The first-order valence-electron chi connectivity index (χ1n) is 11.4. The maximum Gasteiger partial charge on any atom is 0.254 e. The van der Waals surface area contributed by atoms with Crippen molar-refractivity contribution in [3.05, 3.63) is 53.7 Å². The van der Waals surface area contributed by atoms with Gasteiger partial charge in [0.2, 0.25) is 5.91 Å². The molecule has 0 saturated carbocycles. The van der Waals surface area contributed by atoms with Crippen molar-refractivity contribution in [3.8, 4) is 0 Å². The first kappa shape index (κ1) is 22.0. The van der Waals surface area contributed by atoms with Gasteiger partial charge in [-0.2, -0.15) is 0 Å². The number of carbonyl (C=O) groups excluding carboxylic acids is 3. The Hall–Kier alpha value is -3.22. The Kier molecular flexibility index (Phi) is 6.83. The van der Waals surface area contributed by atoms with Crippen LogP contribution in [0, 0.1) is 5.92 Å². The molecule has 2 fully saturated rings. The number of Topliss-reactive ketones (excluding diaryl/α,β-unsaturated/α-hetero) is 1. The van der Waals surface area contributed by atoms with Gasteiger partial charge in [0.1, 0.15) is 5.82 Å². The molecule has 2 aromatic rings. The quantitative estimate of drug-likeness (QED) is 0.725. The average Bonchev–Trinajstić information content (AvgIpc) is 2.84. The molecule has 1 aromatic heterocycles. The van der Waals surface area contributed by atoms with E-state index in [9.17, 15) is 14.4 Å². The van der Waals surface area contributed by atoms with Crippen LogP contribution in [-0.2, 0) is 4.79 Å². The van der Waals surface area contributed by atoms with E-state index in [1.165, 1.54) is 13.3 Å². The van der Waals surface area contributed by atoms with Crippen LogP contribution in [-0.4, -0.2) is 53.7 Å². The smallest absolute Gasteiger partial charge is 0.254 e. The molecule has 2 amide bonds. The van der Waals surface area contributed by atoms with Crippen molar-refractivity contribution < 1.29 is 14.4 Å². The highest BCUT2D eigenvalue weighted by atomic mass is 16.2. The summed E-state index contributed by atoms with van der Waals surface area (Å²) in [5, 5.41) is 2.96. The third kappa shape index (κ3) is 5.15. The zero-order valence-corrected chi connectivity index (χ0v) is 18.5. The minimum atomic E-state index is -0.0723. The summed E-state index contributed by atoms with van der Waals surface area (Å²) in [5.74, 6) is 0.814. The van der Waals surface area contributed by atoms with Crippen LogP contribution < -0.4 is 10.2 Å². The third-order valence-electron chi connectivity index (χ3n) is 6.38. The van der Waals surface area contributed by atoms with Gasteiger partial charge in [0.15, 0.2) is 5.78 Å². The van der Waals surface area contributed by atoms with E-state index in [1.807, 2.05) is 11.0 Å². The number of piperidine rings is 2. The maximum absolute atomic E-state index is 12.8. The second kappa shape index (κ2) is 9.94. The summed E-state index contributed by atoms with van der Waals surface area (Å²) < 4.78 is 0. The number of carbonyl (C=O) groups is 3. The molecule has 2 aliphatic rings. The molecule has 1 aromatic carbocycles. The van der Waals surface area contributed by atoms with Gasteiger partial charge < -0.3 is 15.1 Å². The lowest BCUT2D eigenvalue weighted by Gasteiger charge is -2.32. The Morgan fingerprint density at radius 1 is 0.906 bits per heavy atom. The number of pyridine rings is 1. The van der Waals surface area contributed by atoms with E-state index in [4.69, 9.17) is 0 Å². The summed E-state index contributed by atoms with van der Waals surface area (Å²) >= 11 is 0. The Balaban J connectivity index is 1.32. The maximum atomic E-state index is 12.8. The minimum Gasteiger partial charge on any atom is -0.357 e. The number of ketones is 1. The molecule has 0 radical (unpaired) electrons. The molecule has 7 nitrogen and oxygen atoms in total. The van der Waals surface area contributed by atoms with Gasteiger partial charge in [0, 0.05) is 55.1 Å². The van der Waals surface area contributed by atoms with Gasteiger partial charge in [0.25, 0.3) is 5.91 Å². The standard InChI is InChI=1S/C25H30N4O3/c1-18(30)19-5-7-22(8-6-19)27-24(31)20-10-15-28(16-11-20)23-17-21(9-12-26-23)25(32)29-13-3-2-4-14-29/h5-9,12,17,20H,2-4,10-11,13-16H2,1H3,(H,27,31). The van der Waals surface area contributed by atoms with E-state index in [-0.39, 0.29) is 23.5 Å². The number of amides is 2. The molecule has 0 atom stereocenters. The highest BCUT2D eigenvalue weighted by Crippen LogP contribution is 2.24. The SMILES string of the molecule is CC(=O)c1ccc(NC(=O)C2CCN(c3cc(C(=O)N4CCCCC4)ccn3)CC2)cc1. The largest absolute Gasteiger partial charge is 0.357 e. The molecule has 0 unspecified atom stereocenters. The molecule has 7 heteroatoms. The Morgan fingerprint density at radius 3 is 2.25 bits per heavy atom. The van der Waals surface area contributed by atoms with Crippen molar-refractivity contribution in [2.24, 2.45) is 5.92 Å². The fourth-order valence-corrected chi connectivity index (χ4v) is 4.41. The number of likely N-dealkylation sites (tertiary alicyclic amines) is 1. The molecule has 2 saturated heterocycles. The van der Waals surface area contributed by atoms with Gasteiger partial charge in [-0.05, 0) is 75.4 Å². The van der Waals surface area contributed by atoms with Crippen LogP contribution in [0.3, 0.4) is 0 Å². The molecule has 32 heavy (non-hydrogen) atoms. The summed E-state index contributed by atoms with van der Waals surface area (Å²) in [4.78, 5) is 45.5. The molecule has 2 aliphatic heterocycles. The van der Waals surface area contributed by atoms with Crippen LogP contribution in [0.1, 0.15) is 59.7 Å². The van der Waals surface area contributed by atoms with Crippen molar-refractivity contribution in [2.45, 2.75) is 39.0 Å². The van der Waals surface area contributed by atoms with E-state index < -0.39 is 0 Å². The van der Waals surface area contributed by atoms with Crippen molar-refractivity contribution in [2.75, 3.05) is 36.4 Å². The highest BCUT2D eigenvalue weighted by molar-refractivity contribution is 5.96. The van der Waals surface area contributed by atoms with Crippen LogP contribution >= 0.6 is 0 Å². The summed E-state index contributed by atoms with van der Waals surface area (Å²) in [6.07, 6.45) is 6.49. The number of nitrogens with one attached hydrogen (secondary N) is 1. The molecule has 0 aliphatic carbocycles. The minimum absolute atomic E-state index is 0.00205. The molecule has 1 N–H and O–H groups in total. The van der Waals surface area contributed by atoms with Gasteiger partial charge in [-0.15, -0.1) is 0 Å². The van der Waals surface area contributed by atoms with Gasteiger partial charge in [-0.1, -0.05) is 0 Å². The topological polar surface area (TPSA) is 82.6 Å². The zero-order chi connectivity index (χ0) is 22.5. The summed E-state index contributed by atoms with van der Waals surface area (Å²) in [6, 6.07) is 10.7. The molecular weight excluding hydrogens is 404 g/mol. The zero-order valence-electron chi connectivity index (χ0n) is 18.5. The molecule has 0 spiro atoms. The lowest BCUT2D eigenvalue weighted by atomic mass is 9.95. The monoisotopic (exact) mass is 434 g/mol. The van der Waals surface area contributed by atoms with Gasteiger partial charge in [-0.3, -0.25) is 14.4 Å². The normalized spacial score (nSPS) is 17.2. The Bertz CT molecular complexity index is 975. The molecule has 0 bridgehead atoms. The van der Waals surface area contributed by atoms with Crippen LogP contribution in [0.5, 0.6) is 0 Å². The highest BCUT2D eigenvalue weighted by Gasteiger charge is 2.26. The predicted octanol–water partition coefficient (Wildman–Crippen LogP) is 3.77. The fraction of sp³-hybridized carbons (Fsp3) is 0.440. The van der Waals surface area contributed by atoms with Crippen molar-refractivity contribution in [1.82, 2.24) is 9.88 Å². The number of anilines is 2. The number of nitrogens with zero attached hydrogens (tertiary/aromatic N) is 3. The van der Waals surface area contributed by atoms with Crippen molar-refractivity contribution in [1.29, 1.82) is 0 Å². The van der Waals surface area contributed by atoms with Crippen LogP contribution in [0.4, 0.5) is 11.5 Å². The Morgan fingerprint density at radius 2 is 1.59 bits per heavy atom. The van der Waals surface area contributed by atoms with Gasteiger partial charge >= 0.3 is 0 Å². The molecule has 3 heterocycles. The first-order chi connectivity index (χ1) is 15.5. The van der Waals surface area contributed by atoms with E-state index in [0.717, 1.165) is 57.7 Å². The summed E-state index contributed by atoms with van der Waals surface area (Å²) in [5.41, 5.74) is 2.02. The third-order valence-corrected chi connectivity index (χ3v) is 6.38. The lowest BCUT2D eigenvalue weighted by molar-refractivity contribution is -0.120. The van der Waals surface area contributed by atoms with Crippen LogP contribution in [0.2, 0.25) is 0 Å². The molecule has 168 valence electrons. The van der Waals surface area contributed by atoms with E-state index in [1.54, 1.807) is 36.5 Å². The van der Waals surface area contributed by atoms with Crippen molar-refractivity contribution in [3.63, 3.8) is 0 Å². The lowest BCUT2D eigenvalue weighted by Crippen LogP contribution is -2.39. The fourth-order valence-electron chi connectivity index (χ4n) is 4.41. The first-order valence-corrected chi connectivity index (χ1v) is 11.4. The number of hydrogen-bond acceptors (Lipinski definition) is 5. The summed E-state index contributed by atoms with van der Waals surface area (Å²) in [6.45, 7) is 4.61. The van der Waals surface area contributed by atoms with Crippen molar-refractivity contribution >= 4 is 29.1 Å². The number of aromatic nitrogens is 1. The molecule has 4 rings (SSSR count). The second-order valence-corrected chi connectivity index (χ2v) is 8.64. The van der Waals surface area contributed by atoms with E-state index >= 15 is 0 Å².